The number of hydrogen-bond acceptors (Lipinski definition) is 3. The number of carboxylic acids is 1. The van der Waals surface area contributed by atoms with E-state index in [4.69, 9.17) is 4.74 Å². The second-order valence-corrected chi connectivity index (χ2v) is 4.78. The van der Waals surface area contributed by atoms with E-state index in [9.17, 15) is 18.7 Å². The molecule has 0 radical (unpaired) electrons. The summed E-state index contributed by atoms with van der Waals surface area (Å²) in [5, 5.41) is 12.3. The van der Waals surface area contributed by atoms with Crippen molar-refractivity contribution in [3.05, 3.63) is 29.8 Å². The number of nitrogens with one attached hydrogen (secondary N) is 1. The molecule has 1 unspecified atom stereocenters. The number of ether oxygens (including phenoxy) is 1. The number of likely N-dealkylation sites (N-methyl/N-ethyl adjacent to an activating group) is 1. The van der Waals surface area contributed by atoms with Gasteiger partial charge in [0.1, 0.15) is 5.54 Å². The molecule has 0 aliphatic rings. The van der Waals surface area contributed by atoms with Crippen molar-refractivity contribution in [1.82, 2.24) is 5.32 Å². The van der Waals surface area contributed by atoms with E-state index >= 15 is 0 Å². The molecule has 0 aliphatic carbocycles. The number of carboxylic acid groups (broad SMARTS) is 1. The van der Waals surface area contributed by atoms with Gasteiger partial charge in [0.25, 0.3) is 0 Å². The third-order valence-electron chi connectivity index (χ3n) is 3.45. The molecule has 0 amide bonds. The molecule has 1 aromatic rings. The smallest absolute Gasteiger partial charge is 0.323 e. The van der Waals surface area contributed by atoms with Crippen molar-refractivity contribution in [2.24, 2.45) is 0 Å². The Morgan fingerprint density at radius 2 is 2.10 bits per heavy atom. The van der Waals surface area contributed by atoms with Crippen molar-refractivity contribution in [3.8, 4) is 5.75 Å². The van der Waals surface area contributed by atoms with Gasteiger partial charge in [0.2, 0.25) is 5.82 Å². The zero-order chi connectivity index (χ0) is 15.9. The van der Waals surface area contributed by atoms with E-state index in [0.717, 1.165) is 6.07 Å². The predicted molar refractivity (Wildman–Crippen MR) is 75.4 cm³/mol. The van der Waals surface area contributed by atoms with E-state index in [0.29, 0.717) is 25.8 Å². The van der Waals surface area contributed by atoms with Gasteiger partial charge in [-0.3, -0.25) is 4.79 Å². The van der Waals surface area contributed by atoms with Gasteiger partial charge < -0.3 is 15.2 Å². The molecule has 0 heterocycles. The Labute approximate surface area is 123 Å². The van der Waals surface area contributed by atoms with Crippen LogP contribution < -0.4 is 10.1 Å². The minimum atomic E-state index is -1.02. The largest absolute Gasteiger partial charge is 0.490 e. The molecule has 0 saturated carbocycles. The maximum atomic E-state index is 13.4. The maximum absolute atomic E-state index is 13.4. The zero-order valence-electron chi connectivity index (χ0n) is 12.3. The van der Waals surface area contributed by atoms with Crippen LogP contribution in [0.1, 0.15) is 33.1 Å². The minimum Gasteiger partial charge on any atom is -0.490 e. The van der Waals surface area contributed by atoms with Crippen LogP contribution in [0.25, 0.3) is 0 Å². The fourth-order valence-electron chi connectivity index (χ4n) is 2.21. The molecular formula is C15H21F2NO3. The highest BCUT2D eigenvalue weighted by molar-refractivity contribution is 5.78. The Morgan fingerprint density at radius 3 is 2.67 bits per heavy atom. The van der Waals surface area contributed by atoms with E-state index in [1.54, 1.807) is 6.92 Å². The van der Waals surface area contributed by atoms with E-state index in [1.165, 1.54) is 12.1 Å². The molecule has 6 heteroatoms. The van der Waals surface area contributed by atoms with Crippen LogP contribution in [-0.4, -0.2) is 29.8 Å². The molecule has 4 nitrogen and oxygen atoms in total. The quantitative estimate of drug-likeness (QED) is 0.689. The highest BCUT2D eigenvalue weighted by Crippen LogP contribution is 2.21. The zero-order valence-corrected chi connectivity index (χ0v) is 12.3. The van der Waals surface area contributed by atoms with Crippen LogP contribution >= 0.6 is 0 Å². The summed E-state index contributed by atoms with van der Waals surface area (Å²) in [6.45, 7) is 4.30. The molecule has 0 aliphatic heterocycles. The lowest BCUT2D eigenvalue weighted by Crippen LogP contribution is -2.51. The van der Waals surface area contributed by atoms with Gasteiger partial charge in [0, 0.05) is 0 Å². The van der Waals surface area contributed by atoms with Crippen molar-refractivity contribution in [3.63, 3.8) is 0 Å². The highest BCUT2D eigenvalue weighted by atomic mass is 19.2. The first-order chi connectivity index (χ1) is 9.96. The van der Waals surface area contributed by atoms with Gasteiger partial charge in [-0.25, -0.2) is 4.39 Å². The number of carbonyl (C=O) groups is 1. The number of rotatable bonds is 9. The lowest BCUT2D eigenvalue weighted by atomic mass is 9.90. The summed E-state index contributed by atoms with van der Waals surface area (Å²) in [5.41, 5.74) is -1.00. The van der Waals surface area contributed by atoms with Gasteiger partial charge in [0.05, 0.1) is 6.61 Å². The first-order valence-electron chi connectivity index (χ1n) is 7.02. The Kier molecular flexibility index (Phi) is 6.55. The van der Waals surface area contributed by atoms with Crippen LogP contribution in [0.3, 0.4) is 0 Å². The van der Waals surface area contributed by atoms with Crippen molar-refractivity contribution in [2.45, 2.75) is 38.6 Å². The van der Waals surface area contributed by atoms with Crippen LogP contribution in [0.4, 0.5) is 8.78 Å². The molecule has 118 valence electrons. The Bertz CT molecular complexity index is 482. The Balaban J connectivity index is 2.55. The Morgan fingerprint density at radius 1 is 1.38 bits per heavy atom. The normalized spacial score (nSPS) is 13.7. The Hall–Kier alpha value is -1.69. The van der Waals surface area contributed by atoms with E-state index in [1.807, 2.05) is 6.92 Å². The minimum absolute atomic E-state index is 0.126. The van der Waals surface area contributed by atoms with E-state index in [-0.39, 0.29) is 12.4 Å². The van der Waals surface area contributed by atoms with Gasteiger partial charge in [-0.1, -0.05) is 19.9 Å². The van der Waals surface area contributed by atoms with Gasteiger partial charge in [-0.2, -0.15) is 4.39 Å². The topological polar surface area (TPSA) is 58.6 Å². The van der Waals surface area contributed by atoms with Gasteiger partial charge >= 0.3 is 5.97 Å². The maximum Gasteiger partial charge on any atom is 0.323 e. The molecule has 0 aromatic heterocycles. The molecule has 0 saturated heterocycles. The standard InChI is InChI=1S/C15H21F2NO3/c1-3-15(14(19)20,18-4-2)9-6-10-21-12-8-5-7-11(16)13(12)17/h5,7-8,18H,3-4,6,9-10H2,1-2H3,(H,19,20). The van der Waals surface area contributed by atoms with Crippen molar-refractivity contribution < 1.29 is 23.4 Å². The average molecular weight is 301 g/mol. The molecule has 0 fully saturated rings. The summed E-state index contributed by atoms with van der Waals surface area (Å²) in [6.07, 6.45) is 1.21. The van der Waals surface area contributed by atoms with Crippen LogP contribution in [0.5, 0.6) is 5.75 Å². The van der Waals surface area contributed by atoms with Crippen molar-refractivity contribution in [1.29, 1.82) is 0 Å². The van der Waals surface area contributed by atoms with Gasteiger partial charge in [-0.15, -0.1) is 0 Å². The SMILES string of the molecule is CCNC(CC)(CCCOc1cccc(F)c1F)C(=O)O. The van der Waals surface area contributed by atoms with Crippen LogP contribution in [0, 0.1) is 11.6 Å². The molecule has 1 atom stereocenters. The summed E-state index contributed by atoms with van der Waals surface area (Å²) in [6, 6.07) is 3.72. The van der Waals surface area contributed by atoms with E-state index < -0.39 is 23.1 Å². The highest BCUT2D eigenvalue weighted by Gasteiger charge is 2.34. The molecular weight excluding hydrogens is 280 g/mol. The molecule has 1 rings (SSSR count). The first kappa shape index (κ1) is 17.4. The molecule has 2 N–H and O–H groups in total. The summed E-state index contributed by atoms with van der Waals surface area (Å²) in [5.74, 6) is -3.06. The first-order valence-corrected chi connectivity index (χ1v) is 7.02. The fourth-order valence-corrected chi connectivity index (χ4v) is 2.21. The number of benzene rings is 1. The van der Waals surface area contributed by atoms with E-state index in [2.05, 4.69) is 5.32 Å². The fraction of sp³-hybridized carbons (Fsp3) is 0.533. The molecule has 0 bridgehead atoms. The summed E-state index contributed by atoms with van der Waals surface area (Å²) >= 11 is 0. The molecule has 0 spiro atoms. The number of halogens is 2. The third-order valence-corrected chi connectivity index (χ3v) is 3.45. The molecule has 1 aromatic carbocycles. The summed E-state index contributed by atoms with van der Waals surface area (Å²) in [4.78, 5) is 11.4. The molecule has 21 heavy (non-hydrogen) atoms. The van der Waals surface area contributed by atoms with Crippen LogP contribution in [0.15, 0.2) is 18.2 Å². The summed E-state index contributed by atoms with van der Waals surface area (Å²) in [7, 11) is 0. The predicted octanol–water partition coefficient (Wildman–Crippen LogP) is 2.97. The van der Waals surface area contributed by atoms with Gasteiger partial charge in [0.15, 0.2) is 11.6 Å². The lowest BCUT2D eigenvalue weighted by molar-refractivity contribution is -0.145. The van der Waals surface area contributed by atoms with Crippen LogP contribution in [0.2, 0.25) is 0 Å². The summed E-state index contributed by atoms with van der Waals surface area (Å²) < 4.78 is 31.5. The van der Waals surface area contributed by atoms with Crippen molar-refractivity contribution >= 4 is 5.97 Å². The second-order valence-electron chi connectivity index (χ2n) is 4.78. The monoisotopic (exact) mass is 301 g/mol. The second kappa shape index (κ2) is 7.93. The van der Waals surface area contributed by atoms with Gasteiger partial charge in [-0.05, 0) is 37.9 Å². The lowest BCUT2D eigenvalue weighted by Gasteiger charge is -2.29. The third kappa shape index (κ3) is 4.39. The number of aliphatic carboxylic acids is 1. The van der Waals surface area contributed by atoms with Crippen molar-refractivity contribution in [2.75, 3.05) is 13.2 Å². The number of hydrogen-bond donors (Lipinski definition) is 2. The average Bonchev–Trinajstić information content (AvgIpc) is 2.46. The van der Waals surface area contributed by atoms with Crippen LogP contribution in [-0.2, 0) is 4.79 Å².